The summed E-state index contributed by atoms with van der Waals surface area (Å²) in [5.74, 6) is 16.9. The second kappa shape index (κ2) is 32.6. The van der Waals surface area contributed by atoms with Crippen molar-refractivity contribution in [2.24, 2.45) is 0 Å². The number of hydrogen-bond donors (Lipinski definition) is 12. The Bertz CT molecular complexity index is 5390. The van der Waals surface area contributed by atoms with Crippen molar-refractivity contribution in [1.29, 1.82) is 0 Å². The molecule has 29 nitrogen and oxygen atoms in total. The van der Waals surface area contributed by atoms with E-state index in [1.807, 2.05) is 79.7 Å². The van der Waals surface area contributed by atoms with E-state index in [0.717, 1.165) is 120 Å². The summed E-state index contributed by atoms with van der Waals surface area (Å²) in [6.45, 7) is 16.2. The molecule has 0 saturated heterocycles. The van der Waals surface area contributed by atoms with Gasteiger partial charge in [0.2, 0.25) is 47.6 Å². The number of H-pyrrole nitrogens is 4. The first-order valence-electron chi connectivity index (χ1n) is 39.4. The van der Waals surface area contributed by atoms with Gasteiger partial charge in [-0.2, -0.15) is 80.2 Å². The minimum Gasteiger partial charge on any atom is -0.350 e. The molecule has 8 aromatic heterocycles. The van der Waals surface area contributed by atoms with E-state index in [0.29, 0.717) is 125 Å². The molecular weight excluding hydrogens is 1420 g/mol. The van der Waals surface area contributed by atoms with Gasteiger partial charge in [-0.1, -0.05) is 84.3 Å². The first kappa shape index (κ1) is 73.0. The van der Waals surface area contributed by atoms with Gasteiger partial charge in [0.1, 0.15) is 29.1 Å². The summed E-state index contributed by atoms with van der Waals surface area (Å²) in [5.41, 5.74) is 12.3. The Labute approximate surface area is 653 Å². The van der Waals surface area contributed by atoms with Gasteiger partial charge in [-0.3, -0.25) is 20.4 Å². The average molecular weight is 1510 g/mol. The molecule has 8 heterocycles. The van der Waals surface area contributed by atoms with Crippen LogP contribution in [-0.4, -0.2) is 101 Å². The number of benzene rings is 4. The van der Waals surface area contributed by atoms with E-state index in [1.54, 1.807) is 6.07 Å². The Morgan fingerprint density at radius 3 is 1.07 bits per heavy atom. The molecule has 4 aromatic carbocycles. The SMILES string of the molecule is C#Cc1ccc(CNc2nc(Nc3cc(C4CC4)[nH]n3)nc(C3CC3)n2)cc1.Cc1ccc(C(C)Nc2nc(Nc3cc(C4CC4)[nH]n3)nc(C3CC3)n2)cc1.Cc1ccc(CNc2nc(Nc3cc(C4CC4)[nH]n3)nc(C3CC3)n2)c(F)c1.[C-]#[N+]c1ccc(C(C)Nc2nc(Nc3cc(C4CC4)[nH]n3)nc(C3CC3)n2)cc1. The molecule has 0 radical (unpaired) electrons. The Morgan fingerprint density at radius 2 is 0.726 bits per heavy atom. The molecule has 2 unspecified atom stereocenters. The van der Waals surface area contributed by atoms with Crippen molar-refractivity contribution in [2.75, 3.05) is 42.5 Å². The molecule has 20 rings (SSSR count). The third-order valence-corrected chi connectivity index (χ3v) is 20.8. The molecule has 8 aliphatic carbocycles. The first-order valence-corrected chi connectivity index (χ1v) is 39.4. The second-order valence-electron chi connectivity index (χ2n) is 30.9. The molecule has 8 fully saturated rings. The molecule has 8 aliphatic rings. The molecule has 0 bridgehead atoms. The minimum atomic E-state index is -0.230. The Morgan fingerprint density at radius 1 is 0.398 bits per heavy atom. The van der Waals surface area contributed by atoms with Crippen molar-refractivity contribution in [3.63, 3.8) is 0 Å². The van der Waals surface area contributed by atoms with Crippen molar-refractivity contribution in [3.05, 3.63) is 218 Å². The smallest absolute Gasteiger partial charge is 0.233 e. The van der Waals surface area contributed by atoms with Crippen LogP contribution >= 0.6 is 0 Å². The molecule has 12 N–H and O–H groups in total. The molecule has 8 saturated carbocycles. The van der Waals surface area contributed by atoms with Crippen LogP contribution in [0.15, 0.2) is 115 Å². The summed E-state index contributed by atoms with van der Waals surface area (Å²) in [6, 6.07) is 37.4. The number of hydrogen-bond acceptors (Lipinski definition) is 24. The topological polar surface area (TPSA) is 370 Å². The fourth-order valence-electron chi connectivity index (χ4n) is 12.8. The van der Waals surface area contributed by atoms with E-state index in [1.165, 1.54) is 85.6 Å². The quantitative estimate of drug-likeness (QED) is 0.0160. The van der Waals surface area contributed by atoms with E-state index >= 15 is 0 Å². The van der Waals surface area contributed by atoms with Crippen LogP contribution in [0.1, 0.15) is 261 Å². The van der Waals surface area contributed by atoms with Crippen LogP contribution < -0.4 is 42.5 Å². The zero-order chi connectivity index (χ0) is 76.9. The summed E-state index contributed by atoms with van der Waals surface area (Å²) < 4.78 is 14.1. The number of aromatic nitrogens is 20. The second-order valence-corrected chi connectivity index (χ2v) is 30.9. The summed E-state index contributed by atoms with van der Waals surface area (Å²) in [7, 11) is 0. The van der Waals surface area contributed by atoms with Crippen LogP contribution in [-0.2, 0) is 13.1 Å². The van der Waals surface area contributed by atoms with Crippen molar-refractivity contribution in [3.8, 4) is 12.3 Å². The molecule has 0 amide bonds. The lowest BCUT2D eigenvalue weighted by Gasteiger charge is -2.15. The number of aryl methyl sites for hydroxylation is 2. The average Bonchev–Trinajstić information content (AvgIpc) is 1.79. The fraction of sp³-hybridized carbons (Fsp3) is 0.386. The van der Waals surface area contributed by atoms with Gasteiger partial charge in [0.15, 0.2) is 29.0 Å². The van der Waals surface area contributed by atoms with Gasteiger partial charge in [0.25, 0.3) is 0 Å². The summed E-state index contributed by atoms with van der Waals surface area (Å²) in [4.78, 5) is 58.3. The third-order valence-electron chi connectivity index (χ3n) is 20.8. The molecule has 574 valence electrons. The summed E-state index contributed by atoms with van der Waals surface area (Å²) >= 11 is 0. The van der Waals surface area contributed by atoms with E-state index in [9.17, 15) is 4.39 Å². The van der Waals surface area contributed by atoms with Gasteiger partial charge in [-0.15, -0.1) is 6.42 Å². The lowest BCUT2D eigenvalue weighted by molar-refractivity contribution is 0.611. The summed E-state index contributed by atoms with van der Waals surface area (Å²) in [5, 5.41) is 55.8. The largest absolute Gasteiger partial charge is 0.350 e. The highest BCUT2D eigenvalue weighted by atomic mass is 19.1. The lowest BCUT2D eigenvalue weighted by atomic mass is 10.1. The highest BCUT2D eigenvalue weighted by molar-refractivity contribution is 5.56. The number of rotatable bonds is 28. The van der Waals surface area contributed by atoms with Crippen LogP contribution in [0.2, 0.25) is 0 Å². The minimum absolute atomic E-state index is 0.00365. The zero-order valence-electron chi connectivity index (χ0n) is 63.5. The van der Waals surface area contributed by atoms with Crippen LogP contribution in [0, 0.1) is 38.6 Å². The van der Waals surface area contributed by atoms with E-state index in [-0.39, 0.29) is 17.9 Å². The standard InChI is InChI=1S/C21H22N8.C21H25N7.C21H21N7.C20H22FN7/c1-12(13-7-9-16(22-2)10-8-13)23-20-25-19(15-5-6-15)26-21(27-20)24-18-11-17(28-29-18)14-3-4-14;1-12-3-5-14(6-4-12)13(2)22-20-24-19(16-9-10-16)25-21(26-20)23-18-11-17(27-28-18)15-7-8-15;1-2-13-3-5-14(6-4-13)12-22-20-24-19(16-9-10-16)25-21(26-20)23-18-11-17(27-28-18)15-7-8-15;1-11-2-3-14(15(21)8-11)10-22-19-24-18(13-6-7-13)25-20(26-19)23-17-9-16(27-28-17)12-4-5-12/h7-12,14-15H,3-6H2,1H3,(H3,23,24,25,26,27,28,29);3-6,11,13,15-16H,7-10H2,1-2H3,(H3,22,23,24,25,26,27,28);1,3-6,11,15-16H,7-10,12H2,(H3,22,23,24,25,26,27,28);2-3,8-9,12-13H,4-7,10H2,1H3,(H3,22,23,24,25,26,27,28). The maximum Gasteiger partial charge on any atom is 0.233 e. The molecule has 12 aromatic rings. The highest BCUT2D eigenvalue weighted by Gasteiger charge is 2.34. The molecule has 0 aliphatic heterocycles. The van der Waals surface area contributed by atoms with Gasteiger partial charge in [0.05, 0.1) is 18.7 Å². The monoisotopic (exact) mass is 1510 g/mol. The normalized spacial score (nSPS) is 16.6. The Kier molecular flexibility index (Phi) is 21.1. The fourth-order valence-corrected chi connectivity index (χ4v) is 12.8. The van der Waals surface area contributed by atoms with Crippen molar-refractivity contribution < 1.29 is 4.39 Å². The zero-order valence-corrected chi connectivity index (χ0v) is 63.5. The predicted molar refractivity (Wildman–Crippen MR) is 431 cm³/mol. The van der Waals surface area contributed by atoms with Crippen LogP contribution in [0.3, 0.4) is 0 Å². The number of aromatic amines is 4. The molecular formula is C83H90FN29. The van der Waals surface area contributed by atoms with Crippen LogP contribution in [0.4, 0.5) is 80.9 Å². The molecule has 0 spiro atoms. The van der Waals surface area contributed by atoms with E-state index < -0.39 is 0 Å². The van der Waals surface area contributed by atoms with Gasteiger partial charge in [-0.05, 0) is 171 Å². The number of halogens is 1. The van der Waals surface area contributed by atoms with Gasteiger partial charge in [-0.25, -0.2) is 9.24 Å². The molecule has 2 atom stereocenters. The highest BCUT2D eigenvalue weighted by Crippen LogP contribution is 2.45. The first-order chi connectivity index (χ1) is 55.2. The predicted octanol–water partition coefficient (Wildman–Crippen LogP) is 17.2. The Hall–Kier alpha value is -12.9. The Balaban J connectivity index is 0.000000109. The number of anilines is 12. The number of terminal acetylenes is 1. The van der Waals surface area contributed by atoms with Gasteiger partial charge < -0.3 is 42.5 Å². The van der Waals surface area contributed by atoms with Crippen molar-refractivity contribution >= 4 is 76.5 Å². The third kappa shape index (κ3) is 20.0. The molecule has 30 heteroatoms. The van der Waals surface area contributed by atoms with E-state index in [4.69, 9.17) is 13.0 Å². The van der Waals surface area contributed by atoms with Gasteiger partial charge >= 0.3 is 0 Å². The lowest BCUT2D eigenvalue weighted by Crippen LogP contribution is -2.13. The van der Waals surface area contributed by atoms with Crippen LogP contribution in [0.5, 0.6) is 0 Å². The van der Waals surface area contributed by atoms with Gasteiger partial charge in [0, 0.05) is 119 Å². The molecule has 113 heavy (non-hydrogen) atoms. The number of nitrogens with one attached hydrogen (secondary N) is 12. The maximum atomic E-state index is 14.1. The van der Waals surface area contributed by atoms with Crippen molar-refractivity contribution in [1.82, 2.24) is 101 Å². The summed E-state index contributed by atoms with van der Waals surface area (Å²) in [6.07, 6.45) is 24.2. The maximum absolute atomic E-state index is 14.1. The number of nitrogens with zero attached hydrogens (tertiary/aromatic N) is 17. The van der Waals surface area contributed by atoms with E-state index in [2.05, 4.69) is 205 Å². The van der Waals surface area contributed by atoms with Crippen molar-refractivity contribution in [2.45, 2.75) is 203 Å². The van der Waals surface area contributed by atoms with Crippen LogP contribution in [0.25, 0.3) is 4.85 Å².